The molecule has 1 saturated heterocycles. The first-order chi connectivity index (χ1) is 15.7. The van der Waals surface area contributed by atoms with Gasteiger partial charge in [-0.1, -0.05) is 56.3 Å². The number of ketones is 2. The van der Waals surface area contributed by atoms with E-state index in [9.17, 15) is 14.4 Å². The number of hydrogen-bond donors (Lipinski definition) is 1. The van der Waals surface area contributed by atoms with Crippen LogP contribution in [0.25, 0.3) is 0 Å². The van der Waals surface area contributed by atoms with Gasteiger partial charge < -0.3 is 14.8 Å². The Bertz CT molecular complexity index is 964. The second-order valence-corrected chi connectivity index (χ2v) is 9.21. The van der Waals surface area contributed by atoms with Crippen molar-refractivity contribution in [2.75, 3.05) is 13.7 Å². The topological polar surface area (TPSA) is 85.0 Å². The highest BCUT2D eigenvalue weighted by atomic mass is 16.6. The predicted molar refractivity (Wildman–Crippen MR) is 126 cm³/mol. The monoisotopic (exact) mass is 451 g/mol. The van der Waals surface area contributed by atoms with Crippen LogP contribution in [0.1, 0.15) is 38.3 Å². The van der Waals surface area contributed by atoms with E-state index in [0.717, 1.165) is 16.9 Å². The van der Waals surface area contributed by atoms with Gasteiger partial charge in [0.2, 0.25) is 5.91 Å². The zero-order valence-electron chi connectivity index (χ0n) is 19.8. The summed E-state index contributed by atoms with van der Waals surface area (Å²) in [6, 6.07) is 16.3. The van der Waals surface area contributed by atoms with Crippen molar-refractivity contribution in [3.8, 4) is 5.75 Å². The lowest BCUT2D eigenvalue weighted by Gasteiger charge is -2.24. The molecule has 3 rings (SSSR count). The molecular weight excluding hydrogens is 418 g/mol. The number of Topliss-reactive ketones (excluding diaryl/α,β-unsaturated/α-hetero) is 2. The van der Waals surface area contributed by atoms with Gasteiger partial charge in [0.15, 0.2) is 5.78 Å². The van der Waals surface area contributed by atoms with E-state index in [0.29, 0.717) is 19.4 Å². The maximum atomic E-state index is 13.4. The van der Waals surface area contributed by atoms with Gasteiger partial charge >= 0.3 is 0 Å². The number of nitrogens with one attached hydrogen (secondary N) is 1. The lowest BCUT2D eigenvalue weighted by molar-refractivity contribution is -0.134. The smallest absolute Gasteiger partial charge is 0.224 e. The standard InChI is InChI=1S/C27H33NO5/c1-18(2)24(29)16-21(14-20-10-12-22(32-4)13-11-20)26(31)28-23(25(30)27(3)17-33-27)15-19-8-6-5-7-9-19/h5-13,18,21,23H,14-17H2,1-4H3,(H,28,31)/t21-,23+,27-/m1/s1. The zero-order valence-corrected chi connectivity index (χ0v) is 19.8. The van der Waals surface area contributed by atoms with Crippen LogP contribution in [0, 0.1) is 11.8 Å². The summed E-state index contributed by atoms with van der Waals surface area (Å²) in [5.41, 5.74) is 1.02. The quantitative estimate of drug-likeness (QED) is 0.499. The van der Waals surface area contributed by atoms with Crippen molar-refractivity contribution in [2.45, 2.75) is 51.7 Å². The first-order valence-corrected chi connectivity index (χ1v) is 11.4. The Labute approximate surface area is 195 Å². The number of methoxy groups -OCH3 is 1. The fourth-order valence-electron chi connectivity index (χ4n) is 3.75. The molecule has 3 atom stereocenters. The van der Waals surface area contributed by atoms with E-state index >= 15 is 0 Å². The number of benzene rings is 2. The van der Waals surface area contributed by atoms with Gasteiger partial charge in [-0.3, -0.25) is 14.4 Å². The summed E-state index contributed by atoms with van der Waals surface area (Å²) in [5, 5.41) is 2.95. The fraction of sp³-hybridized carbons (Fsp3) is 0.444. The van der Waals surface area contributed by atoms with Crippen molar-refractivity contribution in [2.24, 2.45) is 11.8 Å². The van der Waals surface area contributed by atoms with Crippen LogP contribution < -0.4 is 10.1 Å². The Morgan fingerprint density at radius 2 is 1.61 bits per heavy atom. The lowest BCUT2D eigenvalue weighted by atomic mass is 9.89. The minimum Gasteiger partial charge on any atom is -0.497 e. The normalized spacial score (nSPS) is 18.9. The third-order valence-electron chi connectivity index (χ3n) is 6.12. The number of epoxide rings is 1. The third-order valence-corrected chi connectivity index (χ3v) is 6.12. The van der Waals surface area contributed by atoms with Gasteiger partial charge in [0.1, 0.15) is 17.1 Å². The molecule has 0 radical (unpaired) electrons. The molecule has 0 bridgehead atoms. The van der Waals surface area contributed by atoms with E-state index < -0.39 is 17.6 Å². The molecule has 2 aromatic carbocycles. The van der Waals surface area contributed by atoms with Crippen LogP contribution in [0.2, 0.25) is 0 Å². The van der Waals surface area contributed by atoms with Crippen molar-refractivity contribution in [1.29, 1.82) is 0 Å². The van der Waals surface area contributed by atoms with Crippen LogP contribution in [0.4, 0.5) is 0 Å². The van der Waals surface area contributed by atoms with E-state index in [1.165, 1.54) is 0 Å². The molecular formula is C27H33NO5. The molecule has 2 aromatic rings. The minimum absolute atomic E-state index is 0.0204. The Morgan fingerprint density at radius 3 is 2.15 bits per heavy atom. The maximum absolute atomic E-state index is 13.4. The molecule has 6 nitrogen and oxygen atoms in total. The molecule has 1 fully saturated rings. The highest BCUT2D eigenvalue weighted by Gasteiger charge is 2.50. The van der Waals surface area contributed by atoms with Crippen molar-refractivity contribution in [3.63, 3.8) is 0 Å². The maximum Gasteiger partial charge on any atom is 0.224 e. The number of amides is 1. The van der Waals surface area contributed by atoms with Crippen LogP contribution in [-0.4, -0.2) is 42.8 Å². The molecule has 1 heterocycles. The van der Waals surface area contributed by atoms with Crippen molar-refractivity contribution >= 4 is 17.5 Å². The van der Waals surface area contributed by atoms with Gasteiger partial charge in [-0.15, -0.1) is 0 Å². The average Bonchev–Trinajstić information content (AvgIpc) is 3.57. The summed E-state index contributed by atoms with van der Waals surface area (Å²) in [7, 11) is 1.60. The fourth-order valence-corrected chi connectivity index (χ4v) is 3.75. The Morgan fingerprint density at radius 1 is 1.00 bits per heavy atom. The van der Waals surface area contributed by atoms with E-state index in [-0.39, 0.29) is 29.8 Å². The average molecular weight is 452 g/mol. The summed E-state index contributed by atoms with van der Waals surface area (Å²) < 4.78 is 10.6. The van der Waals surface area contributed by atoms with E-state index in [1.807, 2.05) is 68.4 Å². The van der Waals surface area contributed by atoms with Gasteiger partial charge in [-0.2, -0.15) is 0 Å². The SMILES string of the molecule is COc1ccc(C[C@H](CC(=O)C(C)C)C(=O)N[C@@H](Cc2ccccc2)C(=O)[C@@]2(C)CO2)cc1. The predicted octanol–water partition coefficient (Wildman–Crippen LogP) is 3.55. The largest absolute Gasteiger partial charge is 0.497 e. The summed E-state index contributed by atoms with van der Waals surface area (Å²) in [4.78, 5) is 39.1. The van der Waals surface area contributed by atoms with Gasteiger partial charge in [0.05, 0.1) is 19.8 Å². The lowest BCUT2D eigenvalue weighted by Crippen LogP contribution is -2.49. The molecule has 176 valence electrons. The minimum atomic E-state index is -0.855. The Balaban J connectivity index is 1.79. The highest BCUT2D eigenvalue weighted by molar-refractivity contribution is 5.97. The van der Waals surface area contributed by atoms with E-state index in [2.05, 4.69) is 5.32 Å². The second kappa shape index (κ2) is 10.8. The van der Waals surface area contributed by atoms with Gasteiger partial charge in [-0.05, 0) is 43.0 Å². The van der Waals surface area contributed by atoms with Crippen LogP contribution in [-0.2, 0) is 32.0 Å². The molecule has 0 aromatic heterocycles. The summed E-state index contributed by atoms with van der Waals surface area (Å²) in [6.07, 6.45) is 0.890. The molecule has 0 unspecified atom stereocenters. The van der Waals surface area contributed by atoms with Crippen molar-refractivity contribution in [1.82, 2.24) is 5.32 Å². The Hall–Kier alpha value is -2.99. The highest BCUT2D eigenvalue weighted by Crippen LogP contribution is 2.29. The Kier molecular flexibility index (Phi) is 8.03. The van der Waals surface area contributed by atoms with Crippen LogP contribution in [0.5, 0.6) is 5.75 Å². The van der Waals surface area contributed by atoms with Crippen LogP contribution in [0.15, 0.2) is 54.6 Å². The van der Waals surface area contributed by atoms with Crippen LogP contribution in [0.3, 0.4) is 0 Å². The van der Waals surface area contributed by atoms with E-state index in [1.54, 1.807) is 14.0 Å². The first-order valence-electron chi connectivity index (χ1n) is 11.4. The van der Waals surface area contributed by atoms with E-state index in [4.69, 9.17) is 9.47 Å². The number of carbonyl (C=O) groups excluding carboxylic acids is 3. The van der Waals surface area contributed by atoms with Gasteiger partial charge in [0.25, 0.3) is 0 Å². The molecule has 1 aliphatic rings. The zero-order chi connectivity index (χ0) is 24.0. The molecule has 0 aliphatic carbocycles. The molecule has 1 aliphatic heterocycles. The number of ether oxygens (including phenoxy) is 2. The second-order valence-electron chi connectivity index (χ2n) is 9.21. The molecule has 6 heteroatoms. The molecule has 0 spiro atoms. The van der Waals surface area contributed by atoms with Gasteiger partial charge in [-0.25, -0.2) is 0 Å². The summed E-state index contributed by atoms with van der Waals surface area (Å²) in [5.74, 6) is -0.434. The number of carbonyl (C=O) groups is 3. The molecule has 1 N–H and O–H groups in total. The van der Waals surface area contributed by atoms with Crippen molar-refractivity contribution < 1.29 is 23.9 Å². The summed E-state index contributed by atoms with van der Waals surface area (Å²) >= 11 is 0. The number of rotatable bonds is 12. The molecule has 0 saturated carbocycles. The third kappa shape index (κ3) is 6.75. The first kappa shape index (κ1) is 24.6. The summed E-state index contributed by atoms with van der Waals surface area (Å²) in [6.45, 7) is 5.76. The molecule has 33 heavy (non-hydrogen) atoms. The van der Waals surface area contributed by atoms with Crippen molar-refractivity contribution in [3.05, 3.63) is 65.7 Å². The van der Waals surface area contributed by atoms with Gasteiger partial charge in [0, 0.05) is 18.3 Å². The molecule has 1 amide bonds. The van der Waals surface area contributed by atoms with Crippen LogP contribution >= 0.6 is 0 Å². The number of hydrogen-bond acceptors (Lipinski definition) is 5.